The van der Waals surface area contributed by atoms with Gasteiger partial charge in [0.15, 0.2) is 0 Å². The number of thiophene rings is 1. The van der Waals surface area contributed by atoms with Crippen LogP contribution < -0.4 is 0 Å². The summed E-state index contributed by atoms with van der Waals surface area (Å²) in [6.45, 7) is 0. The van der Waals surface area contributed by atoms with Crippen molar-refractivity contribution in [3.05, 3.63) is 15.9 Å². The van der Waals surface area contributed by atoms with Gasteiger partial charge in [-0.05, 0) is 22.0 Å². The van der Waals surface area contributed by atoms with E-state index in [0.29, 0.717) is 4.21 Å². The summed E-state index contributed by atoms with van der Waals surface area (Å²) in [7, 11) is -0.201. The van der Waals surface area contributed by atoms with E-state index in [9.17, 15) is 8.42 Å². The zero-order valence-electron chi connectivity index (χ0n) is 6.61. The lowest BCUT2D eigenvalue weighted by atomic mass is 10.7. The second-order valence-corrected chi connectivity index (χ2v) is 6.58. The van der Waals surface area contributed by atoms with Crippen molar-refractivity contribution in [1.82, 2.24) is 4.31 Å². The number of sulfonamides is 1. The fourth-order valence-electron chi connectivity index (χ4n) is 0.610. The molecule has 0 bridgehead atoms. The third-order valence-corrected chi connectivity index (χ3v) is 5.27. The summed E-state index contributed by atoms with van der Waals surface area (Å²) >= 11 is 4.41. The van der Waals surface area contributed by atoms with Crippen molar-refractivity contribution in [3.8, 4) is 0 Å². The molecule has 0 amide bonds. The fourth-order valence-corrected chi connectivity index (χ4v) is 3.63. The van der Waals surface area contributed by atoms with Gasteiger partial charge in [-0.1, -0.05) is 0 Å². The van der Waals surface area contributed by atoms with Crippen molar-refractivity contribution in [2.45, 2.75) is 4.21 Å². The molecular weight excluding hydrogens is 262 g/mol. The van der Waals surface area contributed by atoms with Gasteiger partial charge in [-0.25, -0.2) is 12.7 Å². The van der Waals surface area contributed by atoms with Gasteiger partial charge in [0, 0.05) is 23.9 Å². The molecule has 12 heavy (non-hydrogen) atoms. The average molecular weight is 270 g/mol. The van der Waals surface area contributed by atoms with E-state index in [4.69, 9.17) is 0 Å². The van der Waals surface area contributed by atoms with Crippen LogP contribution in [0.2, 0.25) is 0 Å². The predicted octanol–water partition coefficient (Wildman–Crippen LogP) is 1.76. The van der Waals surface area contributed by atoms with Gasteiger partial charge in [0.05, 0.1) is 0 Å². The Morgan fingerprint density at radius 3 is 2.42 bits per heavy atom. The van der Waals surface area contributed by atoms with Crippen LogP contribution in [0.25, 0.3) is 0 Å². The Labute approximate surface area is 84.2 Å². The maximum absolute atomic E-state index is 11.5. The van der Waals surface area contributed by atoms with Crippen molar-refractivity contribution in [2.24, 2.45) is 0 Å². The second-order valence-electron chi connectivity index (χ2n) is 2.37. The molecule has 0 aliphatic heterocycles. The molecule has 0 unspecified atom stereocenters. The van der Waals surface area contributed by atoms with Crippen LogP contribution in [0.1, 0.15) is 0 Å². The zero-order chi connectivity index (χ0) is 9.35. The van der Waals surface area contributed by atoms with Gasteiger partial charge in [-0.3, -0.25) is 0 Å². The first kappa shape index (κ1) is 10.2. The first-order valence-corrected chi connectivity index (χ1v) is 6.22. The van der Waals surface area contributed by atoms with E-state index in [1.165, 1.54) is 29.7 Å². The van der Waals surface area contributed by atoms with Gasteiger partial charge in [0.25, 0.3) is 10.0 Å². The smallest absolute Gasteiger partial charge is 0.206 e. The lowest BCUT2D eigenvalue weighted by Gasteiger charge is -2.07. The quantitative estimate of drug-likeness (QED) is 0.821. The molecule has 0 radical (unpaired) electrons. The molecule has 0 aromatic carbocycles. The average Bonchev–Trinajstić information content (AvgIpc) is 2.35. The van der Waals surface area contributed by atoms with Crippen LogP contribution in [0.5, 0.6) is 0 Å². The van der Waals surface area contributed by atoms with Crippen LogP contribution in [0.3, 0.4) is 0 Å². The minimum Gasteiger partial charge on any atom is -0.206 e. The Bertz CT molecular complexity index is 369. The molecule has 0 saturated heterocycles. The van der Waals surface area contributed by atoms with E-state index >= 15 is 0 Å². The first-order chi connectivity index (χ1) is 5.44. The summed E-state index contributed by atoms with van der Waals surface area (Å²) in [6, 6.07) is 1.60. The van der Waals surface area contributed by atoms with Crippen LogP contribution in [0.4, 0.5) is 0 Å². The topological polar surface area (TPSA) is 37.4 Å². The van der Waals surface area contributed by atoms with Gasteiger partial charge in [-0.2, -0.15) is 0 Å². The predicted molar refractivity (Wildman–Crippen MR) is 52.9 cm³/mol. The largest absolute Gasteiger partial charge is 0.252 e. The monoisotopic (exact) mass is 269 g/mol. The summed E-state index contributed by atoms with van der Waals surface area (Å²) < 4.78 is 25.3. The van der Waals surface area contributed by atoms with Crippen molar-refractivity contribution >= 4 is 37.3 Å². The molecule has 68 valence electrons. The van der Waals surface area contributed by atoms with E-state index in [-0.39, 0.29) is 0 Å². The zero-order valence-corrected chi connectivity index (χ0v) is 9.83. The molecular formula is C6H8BrNO2S2. The lowest BCUT2D eigenvalue weighted by Crippen LogP contribution is -2.21. The molecule has 1 heterocycles. The Morgan fingerprint density at radius 1 is 1.50 bits per heavy atom. The molecule has 1 aromatic heterocycles. The minimum atomic E-state index is -3.23. The molecule has 0 atom stereocenters. The molecule has 1 rings (SSSR count). The summed E-state index contributed by atoms with van der Waals surface area (Å²) in [4.78, 5) is 0. The molecule has 0 saturated carbocycles. The number of hydrogen-bond donors (Lipinski definition) is 0. The van der Waals surface area contributed by atoms with E-state index in [0.717, 1.165) is 4.47 Å². The third kappa shape index (κ3) is 1.87. The number of halogens is 1. The molecule has 1 aromatic rings. The molecule has 3 nitrogen and oxygen atoms in total. The molecule has 0 spiro atoms. The Hall–Kier alpha value is 0.0900. The Kier molecular flexibility index (Phi) is 2.92. The SMILES string of the molecule is CN(C)S(=O)(=O)c1cc(Br)cs1. The van der Waals surface area contributed by atoms with Gasteiger partial charge >= 0.3 is 0 Å². The molecule has 6 heteroatoms. The first-order valence-electron chi connectivity index (χ1n) is 3.11. The highest BCUT2D eigenvalue weighted by Gasteiger charge is 2.18. The standard InChI is InChI=1S/C6H8BrNO2S2/c1-8(2)12(9,10)6-3-5(7)4-11-6/h3-4H,1-2H3. The maximum atomic E-state index is 11.5. The molecule has 0 aliphatic rings. The molecule has 0 aliphatic carbocycles. The Balaban J connectivity index is 3.15. The highest BCUT2D eigenvalue weighted by molar-refractivity contribution is 9.10. The summed E-state index contributed by atoms with van der Waals surface area (Å²) in [5.41, 5.74) is 0. The van der Waals surface area contributed by atoms with Gasteiger partial charge in [-0.15, -0.1) is 11.3 Å². The van der Waals surface area contributed by atoms with E-state index in [1.54, 1.807) is 11.4 Å². The van der Waals surface area contributed by atoms with E-state index in [2.05, 4.69) is 15.9 Å². The minimum absolute atomic E-state index is 0.361. The maximum Gasteiger partial charge on any atom is 0.252 e. The third-order valence-electron chi connectivity index (χ3n) is 1.28. The fraction of sp³-hybridized carbons (Fsp3) is 0.333. The van der Waals surface area contributed by atoms with Crippen molar-refractivity contribution < 1.29 is 8.42 Å². The van der Waals surface area contributed by atoms with Crippen molar-refractivity contribution in [1.29, 1.82) is 0 Å². The van der Waals surface area contributed by atoms with Crippen LogP contribution in [0.15, 0.2) is 20.1 Å². The molecule has 0 N–H and O–H groups in total. The van der Waals surface area contributed by atoms with Crippen molar-refractivity contribution in [2.75, 3.05) is 14.1 Å². The van der Waals surface area contributed by atoms with Gasteiger partial charge < -0.3 is 0 Å². The van der Waals surface area contributed by atoms with Crippen LogP contribution in [0, 0.1) is 0 Å². The summed E-state index contributed by atoms with van der Waals surface area (Å²) in [6.07, 6.45) is 0. The van der Waals surface area contributed by atoms with Crippen molar-refractivity contribution in [3.63, 3.8) is 0 Å². The lowest BCUT2D eigenvalue weighted by molar-refractivity contribution is 0.523. The number of nitrogens with zero attached hydrogens (tertiary/aromatic N) is 1. The highest BCUT2D eigenvalue weighted by atomic mass is 79.9. The normalized spacial score (nSPS) is 12.3. The van der Waals surface area contributed by atoms with Crippen LogP contribution >= 0.6 is 27.3 Å². The second kappa shape index (κ2) is 3.45. The van der Waals surface area contributed by atoms with Crippen LogP contribution in [-0.4, -0.2) is 26.8 Å². The Morgan fingerprint density at radius 2 is 2.08 bits per heavy atom. The molecule has 0 fully saturated rings. The van der Waals surface area contributed by atoms with E-state index < -0.39 is 10.0 Å². The number of hydrogen-bond acceptors (Lipinski definition) is 3. The summed E-state index contributed by atoms with van der Waals surface area (Å²) in [5, 5.41) is 1.75. The number of rotatable bonds is 2. The van der Waals surface area contributed by atoms with E-state index in [1.807, 2.05) is 0 Å². The summed E-state index contributed by atoms with van der Waals surface area (Å²) in [5.74, 6) is 0. The van der Waals surface area contributed by atoms with Gasteiger partial charge in [0.1, 0.15) is 4.21 Å². The van der Waals surface area contributed by atoms with Gasteiger partial charge in [0.2, 0.25) is 0 Å². The highest BCUT2D eigenvalue weighted by Crippen LogP contribution is 2.25. The van der Waals surface area contributed by atoms with Crippen LogP contribution in [-0.2, 0) is 10.0 Å².